The van der Waals surface area contributed by atoms with Crippen LogP contribution in [0.3, 0.4) is 0 Å². The maximum atomic E-state index is 2.68. The van der Waals surface area contributed by atoms with Crippen molar-refractivity contribution in [1.82, 2.24) is 0 Å². The van der Waals surface area contributed by atoms with E-state index in [9.17, 15) is 0 Å². The van der Waals surface area contributed by atoms with Gasteiger partial charge in [-0.2, -0.15) is 0 Å². The lowest BCUT2D eigenvalue weighted by Gasteiger charge is -2.61. The smallest absolute Gasteiger partial charge is 0.0543 e. The Hall–Kier alpha value is -5.14. The molecule has 0 heterocycles. The van der Waals surface area contributed by atoms with Gasteiger partial charge in [-0.1, -0.05) is 116 Å². The van der Waals surface area contributed by atoms with E-state index in [1.54, 1.807) is 22.3 Å². The molecule has 8 aliphatic rings. The highest BCUT2D eigenvalue weighted by molar-refractivity contribution is 6.09. The molecule has 0 saturated heterocycles. The van der Waals surface area contributed by atoms with Gasteiger partial charge < -0.3 is 4.90 Å². The van der Waals surface area contributed by atoms with Crippen molar-refractivity contribution in [2.24, 2.45) is 35.5 Å². The van der Waals surface area contributed by atoms with Crippen molar-refractivity contribution in [3.8, 4) is 22.3 Å². The molecule has 8 aliphatic carbocycles. The van der Waals surface area contributed by atoms with Crippen molar-refractivity contribution in [3.63, 3.8) is 0 Å². The van der Waals surface area contributed by atoms with Crippen LogP contribution in [0.25, 0.3) is 43.8 Å². The first-order valence-corrected chi connectivity index (χ1v) is 21.9. The van der Waals surface area contributed by atoms with Crippen LogP contribution in [0.1, 0.15) is 80.0 Å². The summed E-state index contributed by atoms with van der Waals surface area (Å²) in [6.45, 7) is 0. The van der Waals surface area contributed by atoms with Crippen molar-refractivity contribution < 1.29 is 0 Å². The normalized spacial score (nSPS) is 30.7. The molecule has 15 rings (SSSR count). The Morgan fingerprint density at radius 3 is 1.91 bits per heavy atom. The lowest BCUT2D eigenvalue weighted by Crippen LogP contribution is -2.55. The van der Waals surface area contributed by atoms with Crippen LogP contribution < -0.4 is 4.90 Å². The number of fused-ring (bicyclic) bond motifs is 14. The highest BCUT2D eigenvalue weighted by Gasteiger charge is 2.62. The minimum atomic E-state index is 0.133. The van der Waals surface area contributed by atoms with Gasteiger partial charge in [0.05, 0.1) is 5.69 Å². The SMILES string of the molecule is c1ccc2c(c1)-c1ccc(N(c3ccc4c(ccc5ccccc54)c3)c3cccc4c3-c3ccccc3C43C4CC5CC(C4)CC3C5)cc1C21CC2CCC1C2. The van der Waals surface area contributed by atoms with Crippen LogP contribution in [-0.4, -0.2) is 0 Å². The molecule has 6 fully saturated rings. The van der Waals surface area contributed by atoms with E-state index in [1.807, 2.05) is 0 Å². The van der Waals surface area contributed by atoms with Crippen LogP contribution in [0.15, 0.2) is 140 Å². The molecule has 0 aliphatic heterocycles. The Bertz CT molecular complexity index is 2800. The van der Waals surface area contributed by atoms with Crippen molar-refractivity contribution in [3.05, 3.63) is 162 Å². The zero-order chi connectivity index (χ0) is 36.3. The summed E-state index contributed by atoms with van der Waals surface area (Å²) in [7, 11) is 0. The molecule has 3 atom stereocenters. The molecule has 2 spiro atoms. The van der Waals surface area contributed by atoms with E-state index >= 15 is 0 Å². The van der Waals surface area contributed by atoms with Gasteiger partial charge in [-0.3, -0.25) is 0 Å². The second-order valence-corrected chi connectivity index (χ2v) is 19.3. The van der Waals surface area contributed by atoms with Crippen molar-refractivity contribution in [1.29, 1.82) is 0 Å². The monoisotopic (exact) mass is 721 g/mol. The molecule has 0 N–H and O–H groups in total. The van der Waals surface area contributed by atoms with Gasteiger partial charge in [-0.15, -0.1) is 0 Å². The molecule has 272 valence electrons. The van der Waals surface area contributed by atoms with Gasteiger partial charge in [0.2, 0.25) is 0 Å². The fourth-order valence-corrected chi connectivity index (χ4v) is 15.5. The molecular weight excluding hydrogens is 675 g/mol. The lowest BCUT2D eigenvalue weighted by molar-refractivity contribution is -0.0399. The number of hydrogen-bond donors (Lipinski definition) is 0. The van der Waals surface area contributed by atoms with Crippen LogP contribution >= 0.6 is 0 Å². The molecule has 0 aromatic heterocycles. The largest absolute Gasteiger partial charge is 0.310 e. The van der Waals surface area contributed by atoms with Crippen LogP contribution in [0.5, 0.6) is 0 Å². The molecule has 7 aromatic rings. The summed E-state index contributed by atoms with van der Waals surface area (Å²) in [4.78, 5) is 2.68. The summed E-state index contributed by atoms with van der Waals surface area (Å²) in [6.07, 6.45) is 12.6. The summed E-state index contributed by atoms with van der Waals surface area (Å²) in [5.41, 5.74) is 16.5. The third-order valence-corrected chi connectivity index (χ3v) is 17.1. The third kappa shape index (κ3) is 3.75. The first-order chi connectivity index (χ1) is 27.7. The number of anilines is 3. The lowest BCUT2D eigenvalue weighted by atomic mass is 9.43. The summed E-state index contributed by atoms with van der Waals surface area (Å²) in [5.74, 6) is 4.94. The summed E-state index contributed by atoms with van der Waals surface area (Å²) in [6, 6.07) is 55.0. The van der Waals surface area contributed by atoms with Gasteiger partial charge >= 0.3 is 0 Å². The molecule has 7 aromatic carbocycles. The Balaban J connectivity index is 1.03. The molecule has 56 heavy (non-hydrogen) atoms. The van der Waals surface area contributed by atoms with Crippen LogP contribution in [0, 0.1) is 35.5 Å². The fourth-order valence-electron chi connectivity index (χ4n) is 15.5. The molecule has 6 bridgehead atoms. The van der Waals surface area contributed by atoms with Gasteiger partial charge in [0, 0.05) is 27.8 Å². The molecule has 1 nitrogen and oxygen atoms in total. The van der Waals surface area contributed by atoms with Gasteiger partial charge in [-0.05, 0) is 178 Å². The molecule has 6 saturated carbocycles. The summed E-state index contributed by atoms with van der Waals surface area (Å²) in [5, 5.41) is 5.26. The van der Waals surface area contributed by atoms with Gasteiger partial charge in [0.25, 0.3) is 0 Å². The molecular formula is C55H47N. The Kier molecular flexibility index (Phi) is 5.99. The first kappa shape index (κ1) is 31.0. The van der Waals surface area contributed by atoms with E-state index in [0.29, 0.717) is 0 Å². The first-order valence-electron chi connectivity index (χ1n) is 21.9. The fraction of sp³-hybridized carbons (Fsp3) is 0.309. The zero-order valence-corrected chi connectivity index (χ0v) is 32.1. The predicted octanol–water partition coefficient (Wildman–Crippen LogP) is 14.3. The van der Waals surface area contributed by atoms with E-state index in [2.05, 4.69) is 144 Å². The van der Waals surface area contributed by atoms with Crippen molar-refractivity contribution in [2.75, 3.05) is 4.90 Å². The van der Waals surface area contributed by atoms with E-state index in [1.165, 1.54) is 119 Å². The van der Waals surface area contributed by atoms with E-state index in [4.69, 9.17) is 0 Å². The minimum Gasteiger partial charge on any atom is -0.310 e. The number of nitrogens with zero attached hydrogens (tertiary/aromatic N) is 1. The molecule has 1 heteroatoms. The van der Waals surface area contributed by atoms with E-state index in [0.717, 1.165) is 35.5 Å². The van der Waals surface area contributed by atoms with Crippen molar-refractivity contribution >= 4 is 38.6 Å². The summed E-state index contributed by atoms with van der Waals surface area (Å²) >= 11 is 0. The van der Waals surface area contributed by atoms with E-state index < -0.39 is 0 Å². The van der Waals surface area contributed by atoms with Crippen molar-refractivity contribution in [2.45, 2.75) is 68.6 Å². The Morgan fingerprint density at radius 2 is 1.09 bits per heavy atom. The zero-order valence-electron chi connectivity index (χ0n) is 32.1. The minimum absolute atomic E-state index is 0.133. The van der Waals surface area contributed by atoms with Gasteiger partial charge in [0.1, 0.15) is 0 Å². The highest BCUT2D eigenvalue weighted by atomic mass is 15.1. The highest BCUT2D eigenvalue weighted by Crippen LogP contribution is 2.71. The number of rotatable bonds is 3. The number of hydrogen-bond acceptors (Lipinski definition) is 1. The number of benzene rings is 7. The summed E-state index contributed by atoms with van der Waals surface area (Å²) < 4.78 is 0. The second-order valence-electron chi connectivity index (χ2n) is 19.3. The average Bonchev–Trinajstić information content (AvgIpc) is 4.00. The molecule has 0 amide bonds. The molecule has 3 unspecified atom stereocenters. The second kappa shape index (κ2) is 10.8. The quantitative estimate of drug-likeness (QED) is 0.164. The third-order valence-electron chi connectivity index (χ3n) is 17.1. The average molecular weight is 722 g/mol. The van der Waals surface area contributed by atoms with Crippen LogP contribution in [0.2, 0.25) is 0 Å². The standard InChI is InChI=1S/C55H47N/c1-2-9-43-36(8-1)17-18-37-30-41(20-22-44(37)43)56(42-21-23-46-45-10-3-5-12-48(45)54(51(46)31-42)32-33-16-19-38(54)25-33)52-15-7-14-50-53(52)47-11-4-6-13-49(47)55(50)39-26-34-24-35(28-39)29-40(55)27-34/h1-15,17-18,20-23,30-31,33-35,38-40H,16,19,24-29,32H2. The van der Waals surface area contributed by atoms with E-state index in [-0.39, 0.29) is 10.8 Å². The maximum Gasteiger partial charge on any atom is 0.0543 e. The van der Waals surface area contributed by atoms with Gasteiger partial charge in [-0.25, -0.2) is 0 Å². The van der Waals surface area contributed by atoms with Gasteiger partial charge in [0.15, 0.2) is 0 Å². The Morgan fingerprint density at radius 1 is 0.429 bits per heavy atom. The Labute approximate surface area is 330 Å². The molecule has 0 radical (unpaired) electrons. The van der Waals surface area contributed by atoms with Crippen LogP contribution in [-0.2, 0) is 10.8 Å². The predicted molar refractivity (Wildman–Crippen MR) is 231 cm³/mol. The maximum absolute atomic E-state index is 2.68. The topological polar surface area (TPSA) is 3.24 Å². The van der Waals surface area contributed by atoms with Crippen LogP contribution in [0.4, 0.5) is 17.1 Å².